The maximum Gasteiger partial charge on any atom is 0.157 e. The molecule has 0 N–H and O–H groups in total. The first-order chi connectivity index (χ1) is 11.1. The minimum absolute atomic E-state index is 0.0860. The summed E-state index contributed by atoms with van der Waals surface area (Å²) in [6, 6.07) is 13.6. The molecule has 122 valence electrons. The van der Waals surface area contributed by atoms with Crippen LogP contribution >= 0.6 is 0 Å². The van der Waals surface area contributed by atoms with Crippen molar-refractivity contribution < 1.29 is 13.9 Å². The number of hydrogen-bond donors (Lipinski definition) is 0. The second kappa shape index (κ2) is 7.24. The Balaban J connectivity index is 1.59. The van der Waals surface area contributed by atoms with Crippen LogP contribution in [0.2, 0.25) is 0 Å². The molecule has 1 aliphatic rings. The average Bonchev–Trinajstić information content (AvgIpc) is 2.57. The molecule has 2 aromatic carbocycles. The van der Waals surface area contributed by atoms with Crippen molar-refractivity contribution >= 4 is 0 Å². The van der Waals surface area contributed by atoms with E-state index in [0.29, 0.717) is 11.5 Å². The summed E-state index contributed by atoms with van der Waals surface area (Å²) in [6.45, 7) is 5.46. The lowest BCUT2D eigenvalue weighted by Gasteiger charge is -2.27. The summed E-state index contributed by atoms with van der Waals surface area (Å²) in [5.74, 6) is 0.327. The van der Waals surface area contributed by atoms with E-state index >= 15 is 0 Å². The third-order valence-corrected chi connectivity index (χ3v) is 4.26. The molecule has 0 saturated carbocycles. The fraction of sp³-hybridized carbons (Fsp3) is 0.400. The molecular formula is C20H23FO2. The molecule has 0 amide bonds. The lowest BCUT2D eigenvalue weighted by atomic mass is 10.0. The van der Waals surface area contributed by atoms with Gasteiger partial charge in [0.05, 0.1) is 13.2 Å². The summed E-state index contributed by atoms with van der Waals surface area (Å²) in [7, 11) is 0. The summed E-state index contributed by atoms with van der Waals surface area (Å²) in [5.41, 5.74) is 3.86. The van der Waals surface area contributed by atoms with Gasteiger partial charge in [-0.05, 0) is 41.7 Å². The zero-order chi connectivity index (χ0) is 16.2. The summed E-state index contributed by atoms with van der Waals surface area (Å²) >= 11 is 0. The molecule has 1 saturated heterocycles. The van der Waals surface area contributed by atoms with Crippen molar-refractivity contribution in [3.8, 4) is 11.1 Å². The zero-order valence-electron chi connectivity index (χ0n) is 13.7. The lowest BCUT2D eigenvalue weighted by Crippen LogP contribution is -2.30. The first-order valence-corrected chi connectivity index (χ1v) is 8.20. The summed E-state index contributed by atoms with van der Waals surface area (Å²) in [6.07, 6.45) is 1.70. The van der Waals surface area contributed by atoms with E-state index in [0.717, 1.165) is 37.2 Å². The van der Waals surface area contributed by atoms with E-state index in [4.69, 9.17) is 9.47 Å². The highest BCUT2D eigenvalue weighted by molar-refractivity contribution is 5.64. The fourth-order valence-corrected chi connectivity index (χ4v) is 2.73. The number of aryl methyl sites for hydroxylation is 2. The Morgan fingerprint density at radius 2 is 1.65 bits per heavy atom. The van der Waals surface area contributed by atoms with Crippen LogP contribution < -0.4 is 0 Å². The van der Waals surface area contributed by atoms with Gasteiger partial charge in [-0.2, -0.15) is 0 Å². The monoisotopic (exact) mass is 314 g/mol. The molecule has 1 aliphatic heterocycles. The highest BCUT2D eigenvalue weighted by atomic mass is 19.1. The smallest absolute Gasteiger partial charge is 0.157 e. The summed E-state index contributed by atoms with van der Waals surface area (Å²) < 4.78 is 25.0. The highest BCUT2D eigenvalue weighted by Crippen LogP contribution is 2.23. The topological polar surface area (TPSA) is 18.5 Å². The zero-order valence-corrected chi connectivity index (χ0v) is 13.7. The molecule has 3 heteroatoms. The molecule has 3 rings (SSSR count). The van der Waals surface area contributed by atoms with Gasteiger partial charge in [-0.1, -0.05) is 43.3 Å². The second-order valence-electron chi connectivity index (χ2n) is 6.40. The van der Waals surface area contributed by atoms with Crippen molar-refractivity contribution in [2.75, 3.05) is 13.2 Å². The van der Waals surface area contributed by atoms with E-state index in [1.165, 1.54) is 5.56 Å². The summed E-state index contributed by atoms with van der Waals surface area (Å²) in [4.78, 5) is 0. The van der Waals surface area contributed by atoms with Crippen LogP contribution in [0.5, 0.6) is 0 Å². The molecule has 0 aromatic heterocycles. The fourth-order valence-electron chi connectivity index (χ4n) is 2.73. The van der Waals surface area contributed by atoms with Crippen LogP contribution in [0.25, 0.3) is 11.1 Å². The van der Waals surface area contributed by atoms with Crippen LogP contribution in [0, 0.1) is 18.7 Å². The van der Waals surface area contributed by atoms with E-state index in [-0.39, 0.29) is 12.1 Å². The molecule has 1 fully saturated rings. The van der Waals surface area contributed by atoms with Gasteiger partial charge in [0.15, 0.2) is 6.29 Å². The van der Waals surface area contributed by atoms with Crippen molar-refractivity contribution in [2.45, 2.75) is 33.0 Å². The molecule has 0 unspecified atom stereocenters. The van der Waals surface area contributed by atoms with Gasteiger partial charge in [0.25, 0.3) is 0 Å². The molecule has 0 aliphatic carbocycles. The number of hydrogen-bond acceptors (Lipinski definition) is 2. The minimum atomic E-state index is -0.160. The van der Waals surface area contributed by atoms with Crippen LogP contribution in [-0.4, -0.2) is 19.5 Å². The highest BCUT2D eigenvalue weighted by Gasteiger charge is 2.18. The minimum Gasteiger partial charge on any atom is -0.352 e. The normalized spacial score (nSPS) is 21.3. The van der Waals surface area contributed by atoms with Gasteiger partial charge in [-0.15, -0.1) is 0 Å². The molecule has 0 radical (unpaired) electrons. The van der Waals surface area contributed by atoms with Crippen molar-refractivity contribution in [3.63, 3.8) is 0 Å². The van der Waals surface area contributed by atoms with Gasteiger partial charge in [0.2, 0.25) is 0 Å². The molecular weight excluding hydrogens is 291 g/mol. The quantitative estimate of drug-likeness (QED) is 0.811. The molecule has 2 aromatic rings. The SMILES string of the molecule is Cc1ccc(-c2ccc(CCC3OCC(C)CO3)cc2)cc1F. The van der Waals surface area contributed by atoms with E-state index in [1.54, 1.807) is 13.0 Å². The number of benzene rings is 2. The van der Waals surface area contributed by atoms with Gasteiger partial charge in [-0.25, -0.2) is 4.39 Å². The third kappa shape index (κ3) is 4.18. The predicted octanol–water partition coefficient (Wildman–Crippen LogP) is 4.74. The average molecular weight is 314 g/mol. The van der Waals surface area contributed by atoms with E-state index in [9.17, 15) is 4.39 Å². The molecule has 0 bridgehead atoms. The van der Waals surface area contributed by atoms with E-state index < -0.39 is 0 Å². The Labute approximate surface area is 137 Å². The van der Waals surface area contributed by atoms with Crippen LogP contribution in [0.15, 0.2) is 42.5 Å². The Morgan fingerprint density at radius 1 is 1.00 bits per heavy atom. The molecule has 1 heterocycles. The van der Waals surface area contributed by atoms with E-state index in [2.05, 4.69) is 19.1 Å². The van der Waals surface area contributed by atoms with Crippen LogP contribution in [-0.2, 0) is 15.9 Å². The molecule has 23 heavy (non-hydrogen) atoms. The molecule has 2 nitrogen and oxygen atoms in total. The van der Waals surface area contributed by atoms with E-state index in [1.807, 2.05) is 24.3 Å². The van der Waals surface area contributed by atoms with Gasteiger partial charge in [0.1, 0.15) is 5.82 Å². The standard InChI is InChI=1S/C20H23FO2/c1-14-12-22-20(23-13-14)10-6-16-4-8-17(9-5-16)18-7-3-15(2)19(21)11-18/h3-5,7-9,11,14,20H,6,10,12-13H2,1-2H3. The Morgan fingerprint density at radius 3 is 2.30 bits per heavy atom. The van der Waals surface area contributed by atoms with Crippen molar-refractivity contribution in [1.29, 1.82) is 0 Å². The van der Waals surface area contributed by atoms with Gasteiger partial charge in [-0.3, -0.25) is 0 Å². The van der Waals surface area contributed by atoms with Crippen molar-refractivity contribution in [1.82, 2.24) is 0 Å². The first-order valence-electron chi connectivity index (χ1n) is 8.20. The Kier molecular flexibility index (Phi) is 5.09. The van der Waals surface area contributed by atoms with Crippen molar-refractivity contribution in [3.05, 3.63) is 59.4 Å². The maximum absolute atomic E-state index is 13.7. The predicted molar refractivity (Wildman–Crippen MR) is 89.8 cm³/mol. The number of ether oxygens (including phenoxy) is 2. The van der Waals surface area contributed by atoms with Crippen LogP contribution in [0.4, 0.5) is 4.39 Å². The second-order valence-corrected chi connectivity index (χ2v) is 6.40. The first kappa shape index (κ1) is 16.2. The number of halogens is 1. The van der Waals surface area contributed by atoms with Gasteiger partial charge < -0.3 is 9.47 Å². The maximum atomic E-state index is 13.7. The largest absolute Gasteiger partial charge is 0.352 e. The third-order valence-electron chi connectivity index (χ3n) is 4.26. The Bertz CT molecular complexity index is 643. The lowest BCUT2D eigenvalue weighted by molar-refractivity contribution is -0.199. The van der Waals surface area contributed by atoms with Crippen LogP contribution in [0.3, 0.4) is 0 Å². The number of rotatable bonds is 4. The van der Waals surface area contributed by atoms with Gasteiger partial charge in [0, 0.05) is 12.3 Å². The molecule has 0 atom stereocenters. The van der Waals surface area contributed by atoms with Crippen molar-refractivity contribution in [2.24, 2.45) is 5.92 Å². The molecule has 0 spiro atoms. The van der Waals surface area contributed by atoms with Gasteiger partial charge >= 0.3 is 0 Å². The summed E-state index contributed by atoms with van der Waals surface area (Å²) in [5, 5.41) is 0. The van der Waals surface area contributed by atoms with Crippen LogP contribution in [0.1, 0.15) is 24.5 Å². The Hall–Kier alpha value is -1.71.